The zero-order valence-corrected chi connectivity index (χ0v) is 9.76. The predicted molar refractivity (Wildman–Crippen MR) is 66.5 cm³/mol. The highest BCUT2D eigenvalue weighted by atomic mass is 16.3. The lowest BCUT2D eigenvalue weighted by atomic mass is 10.1. The number of hydrogen-bond acceptors (Lipinski definition) is 3. The average molecular weight is 220 g/mol. The molecule has 0 bridgehead atoms. The summed E-state index contributed by atoms with van der Waals surface area (Å²) in [6.07, 6.45) is 1.66. The van der Waals surface area contributed by atoms with Gasteiger partial charge in [0, 0.05) is 24.8 Å². The summed E-state index contributed by atoms with van der Waals surface area (Å²) >= 11 is 0. The lowest BCUT2D eigenvalue weighted by Gasteiger charge is -2.19. The van der Waals surface area contributed by atoms with E-state index in [2.05, 4.69) is 36.1 Å². The quantitative estimate of drug-likeness (QED) is 0.814. The Kier molecular flexibility index (Phi) is 3.46. The van der Waals surface area contributed by atoms with E-state index in [1.54, 1.807) is 0 Å². The third kappa shape index (κ3) is 2.36. The number of nitrogens with two attached hydrogens (primary N) is 1. The van der Waals surface area contributed by atoms with E-state index in [1.807, 2.05) is 0 Å². The molecule has 0 aliphatic carbocycles. The minimum Gasteiger partial charge on any atom is -0.391 e. The molecule has 1 unspecified atom stereocenters. The fourth-order valence-corrected chi connectivity index (χ4v) is 2.14. The average Bonchev–Trinajstić information content (AvgIpc) is 2.75. The summed E-state index contributed by atoms with van der Waals surface area (Å²) in [5, 5.41) is 9.48. The standard InChI is InChI=1S/C13H20N2O/c1-2-13(14)10-3-5-11(6-4-10)15-8-7-12(16)9-15/h3-6,12-13,16H,2,7-9,14H2,1H3/t12?,13-/m0/s1. The molecule has 0 aromatic heterocycles. The Balaban J connectivity index is 2.07. The summed E-state index contributed by atoms with van der Waals surface area (Å²) in [5.41, 5.74) is 8.34. The highest BCUT2D eigenvalue weighted by Crippen LogP contribution is 2.23. The molecule has 1 aromatic carbocycles. The molecule has 88 valence electrons. The van der Waals surface area contributed by atoms with Crippen LogP contribution in [0.3, 0.4) is 0 Å². The molecule has 1 fully saturated rings. The third-order valence-corrected chi connectivity index (χ3v) is 3.29. The number of anilines is 1. The van der Waals surface area contributed by atoms with Gasteiger partial charge in [0.1, 0.15) is 0 Å². The van der Waals surface area contributed by atoms with E-state index >= 15 is 0 Å². The zero-order valence-electron chi connectivity index (χ0n) is 9.76. The van der Waals surface area contributed by atoms with Crippen molar-refractivity contribution in [3.63, 3.8) is 0 Å². The molecule has 3 nitrogen and oxygen atoms in total. The van der Waals surface area contributed by atoms with Crippen molar-refractivity contribution in [1.29, 1.82) is 0 Å². The summed E-state index contributed by atoms with van der Waals surface area (Å²) in [6.45, 7) is 3.79. The van der Waals surface area contributed by atoms with Crippen LogP contribution in [0.25, 0.3) is 0 Å². The first-order valence-corrected chi connectivity index (χ1v) is 5.99. The molecular weight excluding hydrogens is 200 g/mol. The van der Waals surface area contributed by atoms with Crippen LogP contribution in [0.2, 0.25) is 0 Å². The number of aliphatic hydroxyl groups is 1. The van der Waals surface area contributed by atoms with Crippen LogP contribution in [0.1, 0.15) is 31.4 Å². The molecule has 1 heterocycles. The van der Waals surface area contributed by atoms with E-state index in [0.717, 1.165) is 25.9 Å². The second kappa shape index (κ2) is 4.85. The monoisotopic (exact) mass is 220 g/mol. The van der Waals surface area contributed by atoms with Gasteiger partial charge in [-0.1, -0.05) is 19.1 Å². The van der Waals surface area contributed by atoms with E-state index in [4.69, 9.17) is 5.73 Å². The van der Waals surface area contributed by atoms with Crippen LogP contribution in [-0.2, 0) is 0 Å². The van der Waals surface area contributed by atoms with Crippen molar-refractivity contribution < 1.29 is 5.11 Å². The fourth-order valence-electron chi connectivity index (χ4n) is 2.14. The van der Waals surface area contributed by atoms with Crippen LogP contribution in [0.5, 0.6) is 0 Å². The highest BCUT2D eigenvalue weighted by molar-refractivity contribution is 5.49. The second-order valence-electron chi connectivity index (χ2n) is 4.49. The van der Waals surface area contributed by atoms with Crippen molar-refractivity contribution in [2.24, 2.45) is 5.73 Å². The van der Waals surface area contributed by atoms with E-state index in [1.165, 1.54) is 11.3 Å². The SMILES string of the molecule is CC[C@H](N)c1ccc(N2CCC(O)C2)cc1. The number of benzene rings is 1. The molecule has 0 saturated carbocycles. The largest absolute Gasteiger partial charge is 0.391 e. The molecule has 3 heteroatoms. The molecule has 16 heavy (non-hydrogen) atoms. The minimum atomic E-state index is -0.169. The van der Waals surface area contributed by atoms with Gasteiger partial charge in [0.05, 0.1) is 6.10 Å². The van der Waals surface area contributed by atoms with Crippen molar-refractivity contribution in [3.8, 4) is 0 Å². The molecule has 0 spiro atoms. The topological polar surface area (TPSA) is 49.5 Å². The Labute approximate surface area is 96.9 Å². The minimum absolute atomic E-state index is 0.137. The molecule has 1 aliphatic heterocycles. The maximum atomic E-state index is 9.48. The van der Waals surface area contributed by atoms with E-state index in [0.29, 0.717) is 0 Å². The number of nitrogens with zero attached hydrogens (tertiary/aromatic N) is 1. The van der Waals surface area contributed by atoms with Gasteiger partial charge in [0.2, 0.25) is 0 Å². The Morgan fingerprint density at radius 1 is 1.44 bits per heavy atom. The van der Waals surface area contributed by atoms with Crippen molar-refractivity contribution in [1.82, 2.24) is 0 Å². The molecule has 0 amide bonds. The van der Waals surface area contributed by atoms with Crippen LogP contribution in [0.4, 0.5) is 5.69 Å². The molecule has 2 rings (SSSR count). The van der Waals surface area contributed by atoms with Crippen LogP contribution in [0.15, 0.2) is 24.3 Å². The van der Waals surface area contributed by atoms with Gasteiger partial charge in [0.25, 0.3) is 0 Å². The summed E-state index contributed by atoms with van der Waals surface area (Å²) < 4.78 is 0. The summed E-state index contributed by atoms with van der Waals surface area (Å²) in [7, 11) is 0. The molecule has 2 atom stereocenters. The molecule has 3 N–H and O–H groups in total. The highest BCUT2D eigenvalue weighted by Gasteiger charge is 2.20. The van der Waals surface area contributed by atoms with E-state index in [9.17, 15) is 5.11 Å². The van der Waals surface area contributed by atoms with Gasteiger partial charge in [0.15, 0.2) is 0 Å². The van der Waals surface area contributed by atoms with Crippen LogP contribution in [0, 0.1) is 0 Å². The van der Waals surface area contributed by atoms with Gasteiger partial charge < -0.3 is 15.7 Å². The maximum absolute atomic E-state index is 9.48. The van der Waals surface area contributed by atoms with Gasteiger partial charge in [-0.05, 0) is 30.5 Å². The van der Waals surface area contributed by atoms with E-state index < -0.39 is 0 Å². The Morgan fingerprint density at radius 2 is 2.12 bits per heavy atom. The summed E-state index contributed by atoms with van der Waals surface area (Å²) in [4.78, 5) is 2.21. The number of rotatable bonds is 3. The van der Waals surface area contributed by atoms with Crippen molar-refractivity contribution in [2.45, 2.75) is 31.9 Å². The zero-order chi connectivity index (χ0) is 11.5. The summed E-state index contributed by atoms with van der Waals surface area (Å²) in [6, 6.07) is 8.52. The first-order chi connectivity index (χ1) is 7.70. The number of β-amino-alcohol motifs (C(OH)–C–C–N with tert-alkyl or cyclic N) is 1. The van der Waals surface area contributed by atoms with Gasteiger partial charge >= 0.3 is 0 Å². The molecule has 1 saturated heterocycles. The number of hydrogen-bond donors (Lipinski definition) is 2. The third-order valence-electron chi connectivity index (χ3n) is 3.29. The van der Waals surface area contributed by atoms with Crippen molar-refractivity contribution in [2.75, 3.05) is 18.0 Å². The van der Waals surface area contributed by atoms with Gasteiger partial charge in [-0.2, -0.15) is 0 Å². The summed E-state index contributed by atoms with van der Waals surface area (Å²) in [5.74, 6) is 0. The van der Waals surface area contributed by atoms with Crippen molar-refractivity contribution >= 4 is 5.69 Å². The van der Waals surface area contributed by atoms with E-state index in [-0.39, 0.29) is 12.1 Å². The Bertz CT molecular complexity index is 336. The lowest BCUT2D eigenvalue weighted by molar-refractivity contribution is 0.198. The van der Waals surface area contributed by atoms with Gasteiger partial charge in [-0.15, -0.1) is 0 Å². The van der Waals surface area contributed by atoms with Crippen LogP contribution in [-0.4, -0.2) is 24.3 Å². The molecule has 1 aliphatic rings. The smallest absolute Gasteiger partial charge is 0.0731 e. The Hall–Kier alpha value is -1.06. The Morgan fingerprint density at radius 3 is 2.62 bits per heavy atom. The van der Waals surface area contributed by atoms with Crippen molar-refractivity contribution in [3.05, 3.63) is 29.8 Å². The molecule has 1 aromatic rings. The first kappa shape index (κ1) is 11.4. The van der Waals surface area contributed by atoms with Crippen LogP contribution >= 0.6 is 0 Å². The first-order valence-electron chi connectivity index (χ1n) is 5.99. The maximum Gasteiger partial charge on any atom is 0.0731 e. The second-order valence-corrected chi connectivity index (χ2v) is 4.49. The predicted octanol–water partition coefficient (Wildman–Crippen LogP) is 1.67. The van der Waals surface area contributed by atoms with Gasteiger partial charge in [-0.3, -0.25) is 0 Å². The normalized spacial score (nSPS) is 22.4. The number of aliphatic hydroxyl groups excluding tert-OH is 1. The fraction of sp³-hybridized carbons (Fsp3) is 0.538. The van der Waals surface area contributed by atoms with Crippen LogP contribution < -0.4 is 10.6 Å². The van der Waals surface area contributed by atoms with Gasteiger partial charge in [-0.25, -0.2) is 0 Å². The lowest BCUT2D eigenvalue weighted by Crippen LogP contribution is -2.21. The molecule has 0 radical (unpaired) electrons. The molecular formula is C13H20N2O.